The molecule has 0 fully saturated rings. The highest BCUT2D eigenvalue weighted by atomic mass is 32.1. The molecule has 170 valence electrons. The highest BCUT2D eigenvalue weighted by Crippen LogP contribution is 2.33. The van der Waals surface area contributed by atoms with Gasteiger partial charge in [0, 0.05) is 24.0 Å². The standard InChI is InChI=1S/C27H29N3O2S/c1-18-6-8-20(9-7-18)16-28-21-10-11-23-24(15-21)33-26-25(23)27(31)30(17-29-26)13-12-19-4-3-5-22(14-19)32-2/h3-9,14,17,21,28H,10-13,15-16H2,1-2H3. The molecule has 5 rings (SSSR count). The van der Waals surface area contributed by atoms with E-state index in [4.69, 9.17) is 4.74 Å². The maximum absolute atomic E-state index is 13.3. The second-order valence-corrected chi connectivity index (χ2v) is 9.92. The van der Waals surface area contributed by atoms with Gasteiger partial charge in [-0.3, -0.25) is 9.36 Å². The minimum atomic E-state index is 0.0893. The number of aromatic nitrogens is 2. The van der Waals surface area contributed by atoms with Gasteiger partial charge < -0.3 is 10.1 Å². The number of hydrogen-bond acceptors (Lipinski definition) is 5. The largest absolute Gasteiger partial charge is 0.497 e. The Hall–Kier alpha value is -2.96. The molecule has 1 N–H and O–H groups in total. The lowest BCUT2D eigenvalue weighted by atomic mass is 9.93. The Bertz CT molecular complexity index is 1320. The van der Waals surface area contributed by atoms with Crippen molar-refractivity contribution >= 4 is 21.6 Å². The van der Waals surface area contributed by atoms with Crippen LogP contribution in [0.5, 0.6) is 5.75 Å². The average Bonchev–Trinajstić information content (AvgIpc) is 3.22. The molecule has 1 atom stereocenters. The summed E-state index contributed by atoms with van der Waals surface area (Å²) in [6.45, 7) is 3.60. The molecule has 0 bridgehead atoms. The van der Waals surface area contributed by atoms with Crippen LogP contribution in [0.2, 0.25) is 0 Å². The highest BCUT2D eigenvalue weighted by molar-refractivity contribution is 7.18. The fraction of sp³-hybridized carbons (Fsp3) is 0.333. The van der Waals surface area contributed by atoms with E-state index >= 15 is 0 Å². The van der Waals surface area contributed by atoms with Crippen molar-refractivity contribution in [3.05, 3.63) is 92.3 Å². The van der Waals surface area contributed by atoms with Crippen molar-refractivity contribution in [2.45, 2.75) is 51.7 Å². The van der Waals surface area contributed by atoms with Crippen molar-refractivity contribution < 1.29 is 4.74 Å². The second kappa shape index (κ2) is 9.49. The number of aryl methyl sites for hydroxylation is 4. The molecule has 2 aromatic heterocycles. The average molecular weight is 460 g/mol. The second-order valence-electron chi connectivity index (χ2n) is 8.83. The Balaban J connectivity index is 1.30. The molecule has 0 amide bonds. The van der Waals surface area contributed by atoms with Gasteiger partial charge in [0.25, 0.3) is 5.56 Å². The fourth-order valence-corrected chi connectivity index (χ4v) is 5.84. The van der Waals surface area contributed by atoms with Crippen molar-refractivity contribution in [2.75, 3.05) is 7.11 Å². The summed E-state index contributed by atoms with van der Waals surface area (Å²) >= 11 is 1.69. The summed E-state index contributed by atoms with van der Waals surface area (Å²) in [6.07, 6.45) is 5.41. The maximum Gasteiger partial charge on any atom is 0.262 e. The molecule has 1 unspecified atom stereocenters. The smallest absolute Gasteiger partial charge is 0.262 e. The lowest BCUT2D eigenvalue weighted by molar-refractivity contribution is 0.414. The van der Waals surface area contributed by atoms with E-state index in [1.54, 1.807) is 29.3 Å². The van der Waals surface area contributed by atoms with Gasteiger partial charge in [0.05, 0.1) is 18.8 Å². The van der Waals surface area contributed by atoms with Crippen LogP contribution < -0.4 is 15.6 Å². The molecule has 4 aromatic rings. The Morgan fingerprint density at radius 2 is 2.03 bits per heavy atom. The molecule has 0 saturated heterocycles. The predicted octanol–water partition coefficient (Wildman–Crippen LogP) is 4.66. The zero-order valence-corrected chi connectivity index (χ0v) is 20.0. The summed E-state index contributed by atoms with van der Waals surface area (Å²) in [5, 5.41) is 4.54. The van der Waals surface area contributed by atoms with E-state index in [0.29, 0.717) is 12.6 Å². The summed E-state index contributed by atoms with van der Waals surface area (Å²) in [6, 6.07) is 17.1. The van der Waals surface area contributed by atoms with Crippen molar-refractivity contribution in [3.63, 3.8) is 0 Å². The van der Waals surface area contributed by atoms with E-state index in [2.05, 4.69) is 47.6 Å². The van der Waals surface area contributed by atoms with Gasteiger partial charge in [-0.1, -0.05) is 42.0 Å². The minimum Gasteiger partial charge on any atom is -0.497 e. The molecule has 0 spiro atoms. The first-order chi connectivity index (χ1) is 16.1. The Morgan fingerprint density at radius 1 is 1.18 bits per heavy atom. The van der Waals surface area contributed by atoms with Crippen molar-refractivity contribution in [3.8, 4) is 5.75 Å². The fourth-order valence-electron chi connectivity index (χ4n) is 4.58. The molecule has 6 heteroatoms. The van der Waals surface area contributed by atoms with Gasteiger partial charge in [0.1, 0.15) is 10.6 Å². The Labute approximate surface area is 198 Å². The van der Waals surface area contributed by atoms with Gasteiger partial charge >= 0.3 is 0 Å². The van der Waals surface area contributed by atoms with Gasteiger partial charge in [0.2, 0.25) is 0 Å². The molecule has 2 heterocycles. The number of fused-ring (bicyclic) bond motifs is 3. The van der Waals surface area contributed by atoms with Crippen LogP contribution in [-0.4, -0.2) is 22.7 Å². The summed E-state index contributed by atoms with van der Waals surface area (Å²) in [5.41, 5.74) is 5.05. The molecule has 1 aliphatic carbocycles. The number of hydrogen-bond donors (Lipinski definition) is 1. The van der Waals surface area contributed by atoms with Crippen molar-refractivity contribution in [2.24, 2.45) is 0 Å². The minimum absolute atomic E-state index is 0.0893. The number of methoxy groups -OCH3 is 1. The Kier molecular flexibility index (Phi) is 6.29. The molecule has 0 radical (unpaired) electrons. The topological polar surface area (TPSA) is 56.2 Å². The lowest BCUT2D eigenvalue weighted by Crippen LogP contribution is -2.33. The molecular formula is C27H29N3O2S. The molecule has 5 nitrogen and oxygen atoms in total. The van der Waals surface area contributed by atoms with Gasteiger partial charge in [-0.2, -0.15) is 0 Å². The number of ether oxygens (including phenoxy) is 1. The molecule has 33 heavy (non-hydrogen) atoms. The molecule has 2 aromatic carbocycles. The molecule has 1 aliphatic rings. The van der Waals surface area contributed by atoms with Crippen molar-refractivity contribution in [1.29, 1.82) is 0 Å². The third-order valence-electron chi connectivity index (χ3n) is 6.53. The normalized spacial score (nSPS) is 15.5. The number of nitrogens with zero attached hydrogens (tertiary/aromatic N) is 2. The quantitative estimate of drug-likeness (QED) is 0.437. The third-order valence-corrected chi connectivity index (χ3v) is 7.69. The summed E-state index contributed by atoms with van der Waals surface area (Å²) < 4.78 is 7.07. The number of rotatable bonds is 7. The first-order valence-electron chi connectivity index (χ1n) is 11.5. The zero-order chi connectivity index (χ0) is 22.8. The highest BCUT2D eigenvalue weighted by Gasteiger charge is 2.25. The van der Waals surface area contributed by atoms with Gasteiger partial charge in [-0.15, -0.1) is 11.3 Å². The van der Waals surface area contributed by atoms with E-state index in [0.717, 1.165) is 53.8 Å². The van der Waals surface area contributed by atoms with Crippen LogP contribution in [0.1, 0.15) is 33.6 Å². The van der Waals surface area contributed by atoms with E-state index < -0.39 is 0 Å². The molecular weight excluding hydrogens is 430 g/mol. The van der Waals surface area contributed by atoms with Gasteiger partial charge in [-0.05, 0) is 61.4 Å². The molecule has 0 saturated carbocycles. The van der Waals surface area contributed by atoms with Crippen LogP contribution >= 0.6 is 11.3 Å². The van der Waals surface area contributed by atoms with Gasteiger partial charge in [0.15, 0.2) is 0 Å². The molecule has 0 aliphatic heterocycles. The maximum atomic E-state index is 13.3. The number of nitrogens with one attached hydrogen (secondary N) is 1. The van der Waals surface area contributed by atoms with E-state index in [1.807, 2.05) is 18.2 Å². The van der Waals surface area contributed by atoms with E-state index in [1.165, 1.54) is 21.6 Å². The first kappa shape index (κ1) is 21.9. The van der Waals surface area contributed by atoms with Crippen LogP contribution in [0.15, 0.2) is 59.7 Å². The number of thiophene rings is 1. The summed E-state index contributed by atoms with van der Waals surface area (Å²) in [4.78, 5) is 20.2. The van der Waals surface area contributed by atoms with Gasteiger partial charge in [-0.25, -0.2) is 4.98 Å². The van der Waals surface area contributed by atoms with Crippen LogP contribution in [0.25, 0.3) is 10.2 Å². The van der Waals surface area contributed by atoms with E-state index in [-0.39, 0.29) is 5.56 Å². The van der Waals surface area contributed by atoms with Crippen LogP contribution in [-0.2, 0) is 32.4 Å². The summed E-state index contributed by atoms with van der Waals surface area (Å²) in [5.74, 6) is 0.839. The third kappa shape index (κ3) is 4.72. The van der Waals surface area contributed by atoms with Crippen LogP contribution in [0, 0.1) is 6.92 Å². The SMILES string of the molecule is COc1cccc(CCn2cnc3sc4c(c3c2=O)CCC(NCc2ccc(C)cc2)C4)c1. The van der Waals surface area contributed by atoms with E-state index in [9.17, 15) is 4.79 Å². The zero-order valence-electron chi connectivity index (χ0n) is 19.1. The Morgan fingerprint density at radius 3 is 2.85 bits per heavy atom. The van der Waals surface area contributed by atoms with Crippen LogP contribution in [0.4, 0.5) is 0 Å². The summed E-state index contributed by atoms with van der Waals surface area (Å²) in [7, 11) is 1.67. The predicted molar refractivity (Wildman–Crippen MR) is 134 cm³/mol. The van der Waals surface area contributed by atoms with Crippen LogP contribution in [0.3, 0.4) is 0 Å². The lowest BCUT2D eigenvalue weighted by Gasteiger charge is -2.23. The number of benzene rings is 2. The first-order valence-corrected chi connectivity index (χ1v) is 12.3. The van der Waals surface area contributed by atoms with Crippen molar-refractivity contribution in [1.82, 2.24) is 14.9 Å². The monoisotopic (exact) mass is 459 g/mol.